The quantitative estimate of drug-likeness (QED) is 0.759. The van der Waals surface area contributed by atoms with Gasteiger partial charge < -0.3 is 4.42 Å². The summed E-state index contributed by atoms with van der Waals surface area (Å²) >= 11 is 1.27. The number of nitrogens with zero attached hydrogens (tertiary/aromatic N) is 3. The van der Waals surface area contributed by atoms with Crippen molar-refractivity contribution < 1.29 is 9.21 Å². The number of hydrogen-bond donors (Lipinski definition) is 0. The van der Waals surface area contributed by atoms with Crippen molar-refractivity contribution in [2.45, 2.75) is 24.1 Å². The van der Waals surface area contributed by atoms with Gasteiger partial charge in [-0.25, -0.2) is 4.98 Å². The molecule has 5 nitrogen and oxygen atoms in total. The zero-order chi connectivity index (χ0) is 11.5. The third-order valence-corrected chi connectivity index (χ3v) is 2.63. The molecule has 2 rings (SSSR count). The molecule has 0 aliphatic rings. The predicted molar refractivity (Wildman–Crippen MR) is 57.4 cm³/mol. The van der Waals surface area contributed by atoms with Gasteiger partial charge in [0, 0.05) is 18.7 Å². The highest BCUT2D eigenvalue weighted by molar-refractivity contribution is 7.99. The Bertz CT molecular complexity index is 507. The van der Waals surface area contributed by atoms with Crippen LogP contribution in [-0.2, 0) is 0 Å². The first-order valence-electron chi connectivity index (χ1n) is 4.60. The molecule has 2 aromatic heterocycles. The van der Waals surface area contributed by atoms with Crippen LogP contribution in [0, 0.1) is 6.92 Å². The van der Waals surface area contributed by atoms with Gasteiger partial charge in [0.15, 0.2) is 5.78 Å². The van der Waals surface area contributed by atoms with E-state index in [0.717, 1.165) is 0 Å². The summed E-state index contributed by atoms with van der Waals surface area (Å²) in [5, 5.41) is 8.71. The summed E-state index contributed by atoms with van der Waals surface area (Å²) in [7, 11) is 0. The Morgan fingerprint density at radius 1 is 1.38 bits per heavy atom. The van der Waals surface area contributed by atoms with Gasteiger partial charge >= 0.3 is 0 Å². The van der Waals surface area contributed by atoms with Crippen molar-refractivity contribution in [1.82, 2.24) is 15.2 Å². The lowest BCUT2D eigenvalue weighted by Crippen LogP contribution is -1.92. The number of aryl methyl sites for hydroxylation is 1. The van der Waals surface area contributed by atoms with E-state index in [9.17, 15) is 4.79 Å². The molecule has 0 N–H and O–H groups in total. The molecular formula is C10H9N3O2S. The lowest BCUT2D eigenvalue weighted by atomic mass is 10.2. The van der Waals surface area contributed by atoms with Gasteiger partial charge in [0.1, 0.15) is 5.03 Å². The van der Waals surface area contributed by atoms with Gasteiger partial charge in [0.05, 0.1) is 0 Å². The monoisotopic (exact) mass is 235 g/mol. The summed E-state index contributed by atoms with van der Waals surface area (Å²) < 4.78 is 5.20. The van der Waals surface area contributed by atoms with E-state index >= 15 is 0 Å². The molecule has 0 saturated heterocycles. The predicted octanol–water partition coefficient (Wildman–Crippen LogP) is 2.13. The first-order chi connectivity index (χ1) is 7.65. The molecule has 0 aromatic carbocycles. The molecule has 0 saturated carbocycles. The van der Waals surface area contributed by atoms with Crippen LogP contribution in [0.4, 0.5) is 0 Å². The van der Waals surface area contributed by atoms with E-state index in [-0.39, 0.29) is 5.78 Å². The number of ketones is 1. The van der Waals surface area contributed by atoms with E-state index in [1.54, 1.807) is 19.1 Å². The summed E-state index contributed by atoms with van der Waals surface area (Å²) in [5.74, 6) is 0.514. The second-order valence-corrected chi connectivity index (χ2v) is 4.10. The van der Waals surface area contributed by atoms with Crippen molar-refractivity contribution >= 4 is 17.5 Å². The van der Waals surface area contributed by atoms with Gasteiger partial charge in [-0.2, -0.15) is 0 Å². The summed E-state index contributed by atoms with van der Waals surface area (Å²) in [6.07, 6.45) is 1.54. The van der Waals surface area contributed by atoms with E-state index in [4.69, 9.17) is 4.42 Å². The van der Waals surface area contributed by atoms with Crippen LogP contribution < -0.4 is 0 Å². The van der Waals surface area contributed by atoms with Crippen LogP contribution >= 0.6 is 11.8 Å². The molecule has 0 amide bonds. The van der Waals surface area contributed by atoms with Crippen LogP contribution in [0.3, 0.4) is 0 Å². The minimum absolute atomic E-state index is 0.00214. The molecule has 0 spiro atoms. The van der Waals surface area contributed by atoms with E-state index in [0.29, 0.717) is 21.7 Å². The lowest BCUT2D eigenvalue weighted by Gasteiger charge is -1.97. The molecule has 0 radical (unpaired) electrons. The summed E-state index contributed by atoms with van der Waals surface area (Å²) in [6.45, 7) is 3.23. The molecule has 0 bridgehead atoms. The first kappa shape index (κ1) is 10.8. The number of pyridine rings is 1. The molecule has 6 heteroatoms. The summed E-state index contributed by atoms with van der Waals surface area (Å²) in [4.78, 5) is 15.1. The van der Waals surface area contributed by atoms with Crippen LogP contribution in [0.15, 0.2) is 33.0 Å². The maximum Gasteiger partial charge on any atom is 0.282 e. The molecule has 0 aliphatic heterocycles. The van der Waals surface area contributed by atoms with Gasteiger partial charge in [0.2, 0.25) is 5.89 Å². The zero-order valence-electron chi connectivity index (χ0n) is 8.80. The zero-order valence-corrected chi connectivity index (χ0v) is 9.61. The fraction of sp³-hybridized carbons (Fsp3) is 0.200. The second-order valence-electron chi connectivity index (χ2n) is 3.13. The first-order valence-corrected chi connectivity index (χ1v) is 5.42. The van der Waals surface area contributed by atoms with Crippen molar-refractivity contribution in [2.24, 2.45) is 0 Å². The maximum absolute atomic E-state index is 11.0. The Hall–Kier alpha value is -1.69. The van der Waals surface area contributed by atoms with Crippen LogP contribution in [0.1, 0.15) is 23.2 Å². The Morgan fingerprint density at radius 2 is 2.19 bits per heavy atom. The molecule has 0 unspecified atom stereocenters. The fourth-order valence-corrected chi connectivity index (χ4v) is 1.72. The van der Waals surface area contributed by atoms with Crippen LogP contribution in [0.5, 0.6) is 0 Å². The van der Waals surface area contributed by atoms with Gasteiger partial charge in [-0.05, 0) is 30.8 Å². The summed E-state index contributed by atoms with van der Waals surface area (Å²) in [5.41, 5.74) is 0.589. The number of carbonyl (C=O) groups is 1. The Kier molecular flexibility index (Phi) is 3.00. The molecule has 2 aromatic rings. The number of hydrogen-bond acceptors (Lipinski definition) is 6. The van der Waals surface area contributed by atoms with Crippen molar-refractivity contribution in [3.63, 3.8) is 0 Å². The minimum Gasteiger partial charge on any atom is -0.416 e. The maximum atomic E-state index is 11.0. The van der Waals surface area contributed by atoms with Gasteiger partial charge in [0.25, 0.3) is 5.22 Å². The third kappa shape index (κ3) is 2.46. The molecule has 82 valence electrons. The number of aromatic nitrogens is 3. The molecule has 0 atom stereocenters. The van der Waals surface area contributed by atoms with Gasteiger partial charge in [-0.15, -0.1) is 10.2 Å². The highest BCUT2D eigenvalue weighted by Gasteiger charge is 2.06. The highest BCUT2D eigenvalue weighted by atomic mass is 32.2. The molecule has 0 fully saturated rings. The van der Waals surface area contributed by atoms with E-state index < -0.39 is 0 Å². The second kappa shape index (κ2) is 4.44. The smallest absolute Gasteiger partial charge is 0.282 e. The Balaban J connectivity index is 2.14. The standard InChI is InChI=1S/C10H9N3O2S/c1-6(14)8-3-4-9(11-5-8)16-10-13-12-7(2)15-10/h3-5H,1-2H3. The average molecular weight is 235 g/mol. The Morgan fingerprint density at radius 3 is 2.69 bits per heavy atom. The van der Waals surface area contributed by atoms with E-state index in [2.05, 4.69) is 15.2 Å². The lowest BCUT2D eigenvalue weighted by molar-refractivity contribution is 0.101. The number of rotatable bonds is 3. The topological polar surface area (TPSA) is 68.9 Å². The van der Waals surface area contributed by atoms with Crippen molar-refractivity contribution in [2.75, 3.05) is 0 Å². The molecule has 2 heterocycles. The van der Waals surface area contributed by atoms with Crippen LogP contribution in [0.2, 0.25) is 0 Å². The van der Waals surface area contributed by atoms with Crippen LogP contribution in [0.25, 0.3) is 0 Å². The molecule has 0 aliphatic carbocycles. The van der Waals surface area contributed by atoms with E-state index in [1.165, 1.54) is 24.9 Å². The van der Waals surface area contributed by atoms with Crippen molar-refractivity contribution in [1.29, 1.82) is 0 Å². The summed E-state index contributed by atoms with van der Waals surface area (Å²) in [6, 6.07) is 3.47. The number of Topliss-reactive ketones (excluding diaryl/α,β-unsaturated/α-hetero) is 1. The largest absolute Gasteiger partial charge is 0.416 e. The number of carbonyl (C=O) groups excluding carboxylic acids is 1. The molecule has 16 heavy (non-hydrogen) atoms. The highest BCUT2D eigenvalue weighted by Crippen LogP contribution is 2.24. The van der Waals surface area contributed by atoms with Gasteiger partial charge in [-0.1, -0.05) is 0 Å². The Labute approximate surface area is 96.3 Å². The van der Waals surface area contributed by atoms with Crippen LogP contribution in [-0.4, -0.2) is 21.0 Å². The van der Waals surface area contributed by atoms with Crippen molar-refractivity contribution in [3.05, 3.63) is 29.8 Å². The van der Waals surface area contributed by atoms with Gasteiger partial charge in [-0.3, -0.25) is 4.79 Å². The normalized spacial score (nSPS) is 10.4. The SMILES string of the molecule is CC(=O)c1ccc(Sc2nnc(C)o2)nc1. The average Bonchev–Trinajstić information content (AvgIpc) is 2.65. The minimum atomic E-state index is -0.00214. The van der Waals surface area contributed by atoms with E-state index in [1.807, 2.05) is 0 Å². The van der Waals surface area contributed by atoms with Crippen molar-refractivity contribution in [3.8, 4) is 0 Å². The molecular weight excluding hydrogens is 226 g/mol. The fourth-order valence-electron chi connectivity index (χ4n) is 1.06. The third-order valence-electron chi connectivity index (χ3n) is 1.84.